The number of aryl methyl sites for hydroxylation is 2. The van der Waals surface area contributed by atoms with Crippen LogP contribution in [0.5, 0.6) is 0 Å². The van der Waals surface area contributed by atoms with Gasteiger partial charge in [-0.1, -0.05) is 111 Å². The molecule has 1 aromatic rings. The molecule has 1 aliphatic rings. The SMILES string of the molecule is C=C(C)c1cc(C(=C)CC2CCCCC2)c(C)cc1C.CC.CCCNCCC.CCCO/C(C)=C/C(CC)=C(\C)CC. The first-order chi connectivity index (χ1) is 20.6. The first kappa shape index (κ1) is 43.1. The zero-order valence-corrected chi connectivity index (χ0v) is 31.0. The highest BCUT2D eigenvalue weighted by Gasteiger charge is 2.16. The van der Waals surface area contributed by atoms with E-state index in [0.29, 0.717) is 0 Å². The predicted octanol–water partition coefficient (Wildman–Crippen LogP) is 13.2. The van der Waals surface area contributed by atoms with Crippen molar-refractivity contribution in [1.82, 2.24) is 5.32 Å². The zero-order valence-electron chi connectivity index (χ0n) is 31.0. The molecule has 1 N–H and O–H groups in total. The number of nitrogens with one attached hydrogen (secondary N) is 1. The molecule has 43 heavy (non-hydrogen) atoms. The summed E-state index contributed by atoms with van der Waals surface area (Å²) in [4.78, 5) is 0. The number of hydrogen-bond acceptors (Lipinski definition) is 2. The van der Waals surface area contributed by atoms with Crippen LogP contribution in [-0.4, -0.2) is 19.7 Å². The molecule has 0 spiro atoms. The van der Waals surface area contributed by atoms with Gasteiger partial charge in [0.15, 0.2) is 0 Å². The van der Waals surface area contributed by atoms with Gasteiger partial charge in [-0.25, -0.2) is 0 Å². The summed E-state index contributed by atoms with van der Waals surface area (Å²) in [6, 6.07) is 4.59. The average Bonchev–Trinajstić information content (AvgIpc) is 3.00. The molecule has 0 bridgehead atoms. The van der Waals surface area contributed by atoms with E-state index in [0.717, 1.165) is 43.1 Å². The van der Waals surface area contributed by atoms with E-state index in [1.54, 1.807) is 0 Å². The second-order valence-electron chi connectivity index (χ2n) is 11.9. The minimum Gasteiger partial charge on any atom is -0.498 e. The van der Waals surface area contributed by atoms with Gasteiger partial charge in [0.1, 0.15) is 0 Å². The summed E-state index contributed by atoms with van der Waals surface area (Å²) in [5, 5.41) is 3.28. The van der Waals surface area contributed by atoms with Gasteiger partial charge in [-0.3, -0.25) is 0 Å². The summed E-state index contributed by atoms with van der Waals surface area (Å²) in [5.41, 5.74) is 10.7. The largest absolute Gasteiger partial charge is 0.498 e. The quantitative estimate of drug-likeness (QED) is 0.131. The first-order valence-corrected chi connectivity index (χ1v) is 17.7. The zero-order chi connectivity index (χ0) is 33.2. The van der Waals surface area contributed by atoms with Crippen LogP contribution in [0.4, 0.5) is 0 Å². The molecule has 1 aliphatic carbocycles. The van der Waals surface area contributed by atoms with Crippen molar-refractivity contribution < 1.29 is 4.74 Å². The number of hydrogen-bond donors (Lipinski definition) is 1. The van der Waals surface area contributed by atoms with Crippen molar-refractivity contribution in [3.05, 3.63) is 70.5 Å². The molecule has 0 radical (unpaired) electrons. The summed E-state index contributed by atoms with van der Waals surface area (Å²) >= 11 is 0. The molecule has 0 aliphatic heterocycles. The van der Waals surface area contributed by atoms with Crippen molar-refractivity contribution >= 4 is 11.1 Å². The van der Waals surface area contributed by atoms with Gasteiger partial charge in [-0.05, 0) is 138 Å². The maximum Gasteiger partial charge on any atom is 0.0931 e. The highest BCUT2D eigenvalue weighted by molar-refractivity contribution is 5.73. The topological polar surface area (TPSA) is 21.3 Å². The molecule has 0 heterocycles. The van der Waals surface area contributed by atoms with Gasteiger partial charge < -0.3 is 10.1 Å². The molecule has 1 fully saturated rings. The Morgan fingerprint density at radius 2 is 1.37 bits per heavy atom. The van der Waals surface area contributed by atoms with Crippen LogP contribution in [0.3, 0.4) is 0 Å². The molecule has 0 saturated heterocycles. The molecule has 1 aromatic carbocycles. The second kappa shape index (κ2) is 27.5. The summed E-state index contributed by atoms with van der Waals surface area (Å²) in [5.74, 6) is 1.89. The number of allylic oxidation sites excluding steroid dienone is 6. The Balaban J connectivity index is 0. The Morgan fingerprint density at radius 3 is 1.84 bits per heavy atom. The van der Waals surface area contributed by atoms with Crippen molar-refractivity contribution in [1.29, 1.82) is 0 Å². The molecular weight excluding hydrogens is 522 g/mol. The van der Waals surface area contributed by atoms with E-state index < -0.39 is 0 Å². The molecule has 1 saturated carbocycles. The lowest BCUT2D eigenvalue weighted by molar-refractivity contribution is 0.214. The third-order valence-corrected chi connectivity index (χ3v) is 7.90. The van der Waals surface area contributed by atoms with Gasteiger partial charge in [-0.15, -0.1) is 0 Å². The fraction of sp³-hybridized carbons (Fsp3) is 0.659. The predicted molar refractivity (Wildman–Crippen MR) is 199 cm³/mol. The van der Waals surface area contributed by atoms with Crippen LogP contribution in [0.1, 0.15) is 162 Å². The fourth-order valence-electron chi connectivity index (χ4n) is 5.33. The van der Waals surface area contributed by atoms with Crippen LogP contribution < -0.4 is 5.32 Å². The maximum absolute atomic E-state index is 5.55. The van der Waals surface area contributed by atoms with Gasteiger partial charge in [0.25, 0.3) is 0 Å². The van der Waals surface area contributed by atoms with Crippen molar-refractivity contribution in [2.45, 2.75) is 154 Å². The monoisotopic (exact) mass is 596 g/mol. The fourth-order valence-corrected chi connectivity index (χ4v) is 5.33. The standard InChI is InChI=1S/C20H28.C13H24O.C6H15N.C2H6/c1-14(2)19-13-20(16(4)11-15(19)3)17(5)12-18-9-7-6-8-10-18;1-6-9-14-12(5)10-13(8-3)11(4)7-2;1-3-5-7-6-4-2;1-2/h11,13,18H,1,5-10,12H2,2-4H3;10H,6-9H2,1-5H3;7H,3-6H2,1-2H3;1-2H3/b;12-10+,13-11+;;. The second-order valence-corrected chi connectivity index (χ2v) is 11.9. The smallest absolute Gasteiger partial charge is 0.0931 e. The first-order valence-electron chi connectivity index (χ1n) is 17.7. The number of ether oxygens (including phenoxy) is 1. The third-order valence-electron chi connectivity index (χ3n) is 7.90. The van der Waals surface area contributed by atoms with E-state index in [1.165, 1.54) is 103 Å². The van der Waals surface area contributed by atoms with E-state index in [1.807, 2.05) is 20.8 Å². The molecule has 0 amide bonds. The van der Waals surface area contributed by atoms with E-state index >= 15 is 0 Å². The summed E-state index contributed by atoms with van der Waals surface area (Å²) in [6.07, 6.45) is 16.1. The lowest BCUT2D eigenvalue weighted by Crippen LogP contribution is -2.14. The van der Waals surface area contributed by atoms with Crippen LogP contribution in [0, 0.1) is 19.8 Å². The summed E-state index contributed by atoms with van der Waals surface area (Å²) in [6.45, 7) is 37.2. The molecule has 0 atom stereocenters. The molecule has 2 heteroatoms. The Labute approximate surface area is 270 Å². The Bertz CT molecular complexity index is 939. The lowest BCUT2D eigenvalue weighted by Gasteiger charge is -2.23. The van der Waals surface area contributed by atoms with Crippen molar-refractivity contribution in [2.75, 3.05) is 19.7 Å². The van der Waals surface area contributed by atoms with E-state index in [-0.39, 0.29) is 0 Å². The Kier molecular flexibility index (Phi) is 27.5. The van der Waals surface area contributed by atoms with Crippen LogP contribution in [0.15, 0.2) is 48.3 Å². The average molecular weight is 596 g/mol. The molecule has 0 aromatic heterocycles. The van der Waals surface area contributed by atoms with E-state index in [9.17, 15) is 0 Å². The minimum atomic E-state index is 0.824. The minimum absolute atomic E-state index is 0.824. The van der Waals surface area contributed by atoms with Crippen molar-refractivity contribution in [3.8, 4) is 0 Å². The van der Waals surface area contributed by atoms with Crippen molar-refractivity contribution in [2.24, 2.45) is 5.92 Å². The van der Waals surface area contributed by atoms with Crippen LogP contribution in [-0.2, 0) is 4.74 Å². The van der Waals surface area contributed by atoms with E-state index in [2.05, 4.69) is 99.0 Å². The number of rotatable bonds is 14. The van der Waals surface area contributed by atoms with Crippen LogP contribution in [0.25, 0.3) is 11.1 Å². The highest BCUT2D eigenvalue weighted by atomic mass is 16.5. The van der Waals surface area contributed by atoms with Gasteiger partial charge in [0, 0.05) is 0 Å². The molecular formula is C41H73NO. The van der Waals surface area contributed by atoms with Crippen LogP contribution >= 0.6 is 0 Å². The molecule has 248 valence electrons. The lowest BCUT2D eigenvalue weighted by atomic mass is 9.82. The van der Waals surface area contributed by atoms with E-state index in [4.69, 9.17) is 4.74 Å². The Hall–Kier alpha value is -2.06. The Morgan fingerprint density at radius 1 is 0.814 bits per heavy atom. The van der Waals surface area contributed by atoms with Gasteiger partial charge in [0.2, 0.25) is 0 Å². The van der Waals surface area contributed by atoms with Gasteiger partial charge >= 0.3 is 0 Å². The molecule has 0 unspecified atom stereocenters. The molecule has 2 rings (SSSR count). The number of benzene rings is 1. The van der Waals surface area contributed by atoms with Gasteiger partial charge in [-0.2, -0.15) is 0 Å². The third kappa shape index (κ3) is 19.8. The van der Waals surface area contributed by atoms with Gasteiger partial charge in [0.05, 0.1) is 12.4 Å². The summed E-state index contributed by atoms with van der Waals surface area (Å²) in [7, 11) is 0. The van der Waals surface area contributed by atoms with Crippen LogP contribution in [0.2, 0.25) is 0 Å². The summed E-state index contributed by atoms with van der Waals surface area (Å²) < 4.78 is 5.55. The normalized spacial score (nSPS) is 13.7. The highest BCUT2D eigenvalue weighted by Crippen LogP contribution is 2.34. The van der Waals surface area contributed by atoms with Crippen molar-refractivity contribution in [3.63, 3.8) is 0 Å². The molecule has 2 nitrogen and oxygen atoms in total. The maximum atomic E-state index is 5.55.